The maximum Gasteiger partial charge on any atom is 0.262 e. The minimum absolute atomic E-state index is 0.0320. The summed E-state index contributed by atoms with van der Waals surface area (Å²) < 4.78 is 35.2. The number of para-hydroxylation sites is 1. The lowest BCUT2D eigenvalue weighted by molar-refractivity contribution is -0.118. The van der Waals surface area contributed by atoms with Crippen molar-refractivity contribution in [2.45, 2.75) is 23.5 Å². The lowest BCUT2D eigenvalue weighted by atomic mass is 10.1. The summed E-state index contributed by atoms with van der Waals surface area (Å²) in [6.07, 6.45) is 0. The Morgan fingerprint density at radius 3 is 2.42 bits per heavy atom. The van der Waals surface area contributed by atoms with Crippen LogP contribution in [0.5, 0.6) is 11.5 Å². The largest absolute Gasteiger partial charge is 0.493 e. The van der Waals surface area contributed by atoms with Gasteiger partial charge in [0.2, 0.25) is 10.0 Å². The third-order valence-electron chi connectivity index (χ3n) is 5.90. The Balaban J connectivity index is 1.54. The first-order valence-electron chi connectivity index (χ1n) is 11.9. The van der Waals surface area contributed by atoms with Crippen molar-refractivity contribution >= 4 is 44.3 Å². The molecular formula is C27H27N5O6S2. The lowest BCUT2D eigenvalue weighted by Gasteiger charge is -2.13. The molecule has 1 aromatic heterocycles. The monoisotopic (exact) mass is 581 g/mol. The predicted octanol–water partition coefficient (Wildman–Crippen LogP) is 2.74. The number of methoxy groups -OCH3 is 2. The second-order valence-corrected chi connectivity index (χ2v) is 11.1. The lowest BCUT2D eigenvalue weighted by Crippen LogP contribution is -2.26. The molecule has 0 aliphatic heterocycles. The molecular weight excluding hydrogens is 554 g/mol. The van der Waals surface area contributed by atoms with Crippen LogP contribution in [-0.2, 0) is 21.4 Å². The van der Waals surface area contributed by atoms with Crippen LogP contribution in [0.25, 0.3) is 10.9 Å². The number of hydrazone groups is 1. The minimum atomic E-state index is -3.84. The number of amides is 1. The van der Waals surface area contributed by atoms with E-state index in [9.17, 15) is 18.0 Å². The van der Waals surface area contributed by atoms with Crippen molar-refractivity contribution in [3.05, 3.63) is 88.2 Å². The highest BCUT2D eigenvalue weighted by atomic mass is 32.2. The van der Waals surface area contributed by atoms with Gasteiger partial charge in [-0.05, 0) is 55.0 Å². The molecule has 0 unspecified atom stereocenters. The van der Waals surface area contributed by atoms with Gasteiger partial charge >= 0.3 is 0 Å². The molecule has 1 heterocycles. The first-order valence-corrected chi connectivity index (χ1v) is 14.4. The van der Waals surface area contributed by atoms with Gasteiger partial charge in [0.25, 0.3) is 11.5 Å². The quantitative estimate of drug-likeness (QED) is 0.125. The van der Waals surface area contributed by atoms with Gasteiger partial charge < -0.3 is 9.47 Å². The molecule has 0 radical (unpaired) electrons. The van der Waals surface area contributed by atoms with Crippen molar-refractivity contribution in [2.24, 2.45) is 10.2 Å². The fourth-order valence-corrected chi connectivity index (χ4v) is 5.11. The number of nitrogens with one attached hydrogen (secondary N) is 1. The van der Waals surface area contributed by atoms with Crippen molar-refractivity contribution < 1.29 is 22.7 Å². The summed E-state index contributed by atoms with van der Waals surface area (Å²) in [6, 6.07) is 18.1. The Labute approximate surface area is 235 Å². The van der Waals surface area contributed by atoms with Crippen LogP contribution in [0.3, 0.4) is 0 Å². The number of hydrogen-bond donors (Lipinski definition) is 2. The molecule has 1 amide bonds. The van der Waals surface area contributed by atoms with Crippen molar-refractivity contribution in [3.8, 4) is 11.5 Å². The van der Waals surface area contributed by atoms with Crippen LogP contribution >= 0.6 is 11.8 Å². The normalized spacial score (nSPS) is 11.8. The Kier molecular flexibility index (Phi) is 8.87. The van der Waals surface area contributed by atoms with E-state index < -0.39 is 15.9 Å². The molecule has 0 aliphatic carbocycles. The van der Waals surface area contributed by atoms with Gasteiger partial charge in [0.05, 0.1) is 48.0 Å². The zero-order valence-electron chi connectivity index (χ0n) is 22.0. The summed E-state index contributed by atoms with van der Waals surface area (Å²) in [7, 11) is -0.763. The van der Waals surface area contributed by atoms with E-state index in [1.807, 2.05) is 0 Å². The number of aromatic nitrogens is 2. The van der Waals surface area contributed by atoms with Crippen molar-refractivity contribution in [1.29, 1.82) is 0 Å². The van der Waals surface area contributed by atoms with Gasteiger partial charge in [0.15, 0.2) is 16.7 Å². The number of sulfonamides is 1. The summed E-state index contributed by atoms with van der Waals surface area (Å²) in [5.74, 6) is 0.666. The third-order valence-corrected chi connectivity index (χ3v) is 7.81. The van der Waals surface area contributed by atoms with Gasteiger partial charge in [-0.25, -0.2) is 24.0 Å². The molecule has 40 heavy (non-hydrogen) atoms. The zero-order chi connectivity index (χ0) is 28.9. The van der Waals surface area contributed by atoms with Crippen molar-refractivity contribution in [3.63, 3.8) is 0 Å². The van der Waals surface area contributed by atoms with Gasteiger partial charge in [-0.3, -0.25) is 14.2 Å². The van der Waals surface area contributed by atoms with E-state index in [0.717, 1.165) is 17.3 Å². The summed E-state index contributed by atoms with van der Waals surface area (Å²) in [4.78, 5) is 30.6. The van der Waals surface area contributed by atoms with E-state index in [-0.39, 0.29) is 22.8 Å². The Morgan fingerprint density at radius 2 is 1.75 bits per heavy atom. The highest BCUT2D eigenvalue weighted by Gasteiger charge is 2.15. The van der Waals surface area contributed by atoms with Gasteiger partial charge in [-0.15, -0.1) is 0 Å². The number of nitrogens with zero attached hydrogens (tertiary/aromatic N) is 3. The van der Waals surface area contributed by atoms with E-state index in [1.165, 1.54) is 23.8 Å². The molecule has 0 atom stereocenters. The number of nitrogens with two attached hydrogens (primary N) is 1. The van der Waals surface area contributed by atoms with E-state index >= 15 is 0 Å². The molecule has 0 fully saturated rings. The fraction of sp³-hybridized carbons (Fsp3) is 0.185. The molecule has 0 aliphatic rings. The van der Waals surface area contributed by atoms with Crippen LogP contribution in [0.2, 0.25) is 0 Å². The Hall–Kier alpha value is -4.20. The van der Waals surface area contributed by atoms with Crippen LogP contribution in [0.4, 0.5) is 0 Å². The van der Waals surface area contributed by atoms with Gasteiger partial charge in [-0.2, -0.15) is 5.10 Å². The van der Waals surface area contributed by atoms with Crippen LogP contribution in [0.1, 0.15) is 18.1 Å². The van der Waals surface area contributed by atoms with Crippen LogP contribution in [0, 0.1) is 0 Å². The number of primary sulfonamides is 1. The van der Waals surface area contributed by atoms with E-state index in [2.05, 4.69) is 15.5 Å². The standard InChI is InChI=1S/C27H27N5O6S2/c1-17(19-10-13-23(37-2)24(14-19)38-3)30-31-25(33)16-39-27-29-22-7-5-4-6-21(22)26(34)32(27)15-18-8-11-20(12-9-18)40(28,35)36/h4-14H,15-16H2,1-3H3,(H,31,33)(H2,28,35,36)/b30-17+. The predicted molar refractivity (Wildman–Crippen MR) is 154 cm³/mol. The Bertz CT molecular complexity index is 1750. The highest BCUT2D eigenvalue weighted by molar-refractivity contribution is 7.99. The molecule has 13 heteroatoms. The summed E-state index contributed by atoms with van der Waals surface area (Å²) in [5.41, 5.74) is 4.70. The number of benzene rings is 3. The minimum Gasteiger partial charge on any atom is -0.493 e. The number of thioether (sulfide) groups is 1. The number of rotatable bonds is 10. The first-order chi connectivity index (χ1) is 19.1. The molecule has 0 spiro atoms. The molecule has 208 valence electrons. The van der Waals surface area contributed by atoms with E-state index in [1.54, 1.807) is 68.6 Å². The van der Waals surface area contributed by atoms with Crippen LogP contribution < -0.4 is 25.6 Å². The third kappa shape index (κ3) is 6.68. The molecule has 0 saturated heterocycles. The number of carbonyl (C=O) groups is 1. The molecule has 4 rings (SSSR count). The van der Waals surface area contributed by atoms with Crippen molar-refractivity contribution in [2.75, 3.05) is 20.0 Å². The maximum atomic E-state index is 13.3. The fourth-order valence-electron chi connectivity index (χ4n) is 3.80. The first kappa shape index (κ1) is 28.8. The van der Waals surface area contributed by atoms with Gasteiger partial charge in [-0.1, -0.05) is 36.0 Å². The van der Waals surface area contributed by atoms with Crippen LogP contribution in [0.15, 0.2) is 86.7 Å². The molecule has 3 N–H and O–H groups in total. The summed E-state index contributed by atoms with van der Waals surface area (Å²) >= 11 is 1.09. The average Bonchev–Trinajstić information content (AvgIpc) is 2.95. The topological polar surface area (TPSA) is 155 Å². The average molecular weight is 582 g/mol. The second-order valence-electron chi connectivity index (χ2n) is 8.58. The molecule has 11 nitrogen and oxygen atoms in total. The van der Waals surface area contributed by atoms with Crippen LogP contribution in [-0.4, -0.2) is 49.6 Å². The SMILES string of the molecule is COc1ccc(/C(C)=N/NC(=O)CSc2nc3ccccc3c(=O)n2Cc2ccc(S(N)(=O)=O)cc2)cc1OC. The van der Waals surface area contributed by atoms with Gasteiger partial charge in [0, 0.05) is 5.56 Å². The maximum absolute atomic E-state index is 13.3. The summed E-state index contributed by atoms with van der Waals surface area (Å²) in [5, 5.41) is 10.1. The second kappa shape index (κ2) is 12.3. The molecule has 4 aromatic rings. The number of carbonyl (C=O) groups excluding carboxylic acids is 1. The summed E-state index contributed by atoms with van der Waals surface area (Å²) in [6.45, 7) is 1.86. The number of fused-ring (bicyclic) bond motifs is 1. The molecule has 3 aromatic carbocycles. The number of hydrogen-bond acceptors (Lipinski definition) is 9. The Morgan fingerprint density at radius 1 is 1.05 bits per heavy atom. The van der Waals surface area contributed by atoms with Gasteiger partial charge in [0.1, 0.15) is 0 Å². The highest BCUT2D eigenvalue weighted by Crippen LogP contribution is 2.27. The zero-order valence-corrected chi connectivity index (χ0v) is 23.6. The van der Waals surface area contributed by atoms with E-state index in [0.29, 0.717) is 38.8 Å². The molecule has 0 saturated carbocycles. The smallest absolute Gasteiger partial charge is 0.262 e. The van der Waals surface area contributed by atoms with E-state index in [4.69, 9.17) is 14.6 Å². The van der Waals surface area contributed by atoms with Crippen molar-refractivity contribution in [1.82, 2.24) is 15.0 Å². The number of ether oxygens (including phenoxy) is 2. The molecule has 0 bridgehead atoms.